The van der Waals surface area contributed by atoms with E-state index in [9.17, 15) is 35.5 Å². The maximum Gasteiger partial charge on any atom is 0.460 e. The van der Waals surface area contributed by atoms with Gasteiger partial charge < -0.3 is 4.74 Å². The van der Waals surface area contributed by atoms with Crippen LogP contribution < -0.4 is 0 Å². The lowest BCUT2D eigenvalue weighted by Gasteiger charge is -2.26. The second-order valence-corrected chi connectivity index (χ2v) is 2.97. The summed E-state index contributed by atoms with van der Waals surface area (Å²) in [6.45, 7) is 0.944. The van der Waals surface area contributed by atoms with E-state index >= 15 is 0 Å². The van der Waals surface area contributed by atoms with Crippen LogP contribution in [0.5, 0.6) is 0 Å². The molecule has 0 saturated carbocycles. The fourth-order valence-corrected chi connectivity index (χ4v) is 0.667. The normalized spacial score (nSPS) is 14.8. The van der Waals surface area contributed by atoms with E-state index < -0.39 is 29.6 Å². The van der Waals surface area contributed by atoms with Gasteiger partial charge in [0, 0.05) is 6.08 Å². The van der Waals surface area contributed by atoms with Gasteiger partial charge in [-0.2, -0.15) is 30.7 Å². The zero-order chi connectivity index (χ0) is 14.1. The summed E-state index contributed by atoms with van der Waals surface area (Å²) in [5.74, 6) is -15.5. The van der Waals surface area contributed by atoms with E-state index in [-0.39, 0.29) is 6.08 Å². The average Bonchev–Trinajstić information content (AvgIpc) is 2.15. The van der Waals surface area contributed by atoms with Gasteiger partial charge in [0.2, 0.25) is 5.78 Å². The molecule has 0 aliphatic heterocycles. The van der Waals surface area contributed by atoms with Gasteiger partial charge in [-0.25, -0.2) is 0 Å². The van der Waals surface area contributed by atoms with Crippen molar-refractivity contribution >= 4 is 5.78 Å². The number of ketones is 1. The lowest BCUT2D eigenvalue weighted by atomic mass is 10.1. The third-order valence-electron chi connectivity index (χ3n) is 1.72. The van der Waals surface area contributed by atoms with E-state index in [1.54, 1.807) is 0 Å². The molecule has 9 heteroatoms. The Kier molecular flexibility index (Phi) is 4.19. The number of methoxy groups -OCH3 is 1. The highest BCUT2D eigenvalue weighted by molar-refractivity contribution is 5.96. The predicted molar refractivity (Wildman–Crippen MR) is 41.7 cm³/mol. The second kappa shape index (κ2) is 4.53. The van der Waals surface area contributed by atoms with E-state index in [2.05, 4.69) is 4.74 Å². The quantitative estimate of drug-likeness (QED) is 0.445. The Morgan fingerprint density at radius 2 is 1.47 bits per heavy atom. The van der Waals surface area contributed by atoms with Crippen molar-refractivity contribution in [3.8, 4) is 0 Å². The van der Waals surface area contributed by atoms with Crippen LogP contribution in [0.25, 0.3) is 0 Å². The number of hydrogen-bond donors (Lipinski definition) is 0. The summed E-state index contributed by atoms with van der Waals surface area (Å²) >= 11 is 0. The van der Waals surface area contributed by atoms with E-state index in [0.29, 0.717) is 0 Å². The number of alkyl halides is 7. The lowest BCUT2D eigenvalue weighted by molar-refractivity contribution is -0.342. The molecule has 0 heterocycles. The molecule has 0 amide bonds. The molecule has 0 atom stereocenters. The van der Waals surface area contributed by atoms with Crippen molar-refractivity contribution < 1.29 is 40.3 Å². The van der Waals surface area contributed by atoms with E-state index in [0.717, 1.165) is 14.0 Å². The minimum absolute atomic E-state index is 0.125. The highest BCUT2D eigenvalue weighted by Gasteiger charge is 2.75. The monoisotopic (exact) mass is 268 g/mol. The van der Waals surface area contributed by atoms with Gasteiger partial charge in [0.05, 0.1) is 12.9 Å². The molecule has 0 aromatic carbocycles. The minimum Gasteiger partial charge on any atom is -0.501 e. The minimum atomic E-state index is -6.53. The first-order chi connectivity index (χ1) is 7.38. The van der Waals surface area contributed by atoms with Crippen LogP contribution in [0.3, 0.4) is 0 Å². The van der Waals surface area contributed by atoms with Gasteiger partial charge in [-0.05, 0) is 6.92 Å². The smallest absolute Gasteiger partial charge is 0.460 e. The summed E-state index contributed by atoms with van der Waals surface area (Å²) in [7, 11) is 0.930. The molecule has 0 spiro atoms. The highest BCUT2D eigenvalue weighted by atomic mass is 19.4. The van der Waals surface area contributed by atoms with E-state index in [1.165, 1.54) is 0 Å². The van der Waals surface area contributed by atoms with Gasteiger partial charge in [-0.3, -0.25) is 4.79 Å². The van der Waals surface area contributed by atoms with E-state index in [1.807, 2.05) is 0 Å². The largest absolute Gasteiger partial charge is 0.501 e. The maximum atomic E-state index is 12.7. The number of ether oxygens (including phenoxy) is 1. The number of carbonyl (C=O) groups is 1. The van der Waals surface area contributed by atoms with Crippen molar-refractivity contribution in [1.29, 1.82) is 0 Å². The average molecular weight is 268 g/mol. The number of halogens is 7. The zero-order valence-electron chi connectivity index (χ0n) is 8.54. The van der Waals surface area contributed by atoms with Gasteiger partial charge in [-0.1, -0.05) is 0 Å². The number of carbonyl (C=O) groups excluding carboxylic acids is 1. The molecule has 0 bridgehead atoms. The van der Waals surface area contributed by atoms with Crippen LogP contribution in [-0.4, -0.2) is 30.9 Å². The standard InChI is InChI=1S/C8H7F7O2/c1-4(17-2)3-5(16)6(9,10)7(11,12)8(13,14)15/h3H,1-2H3/b4-3+. The number of rotatable bonds is 4. The molecule has 0 N–H and O–H groups in total. The molecule has 17 heavy (non-hydrogen) atoms. The lowest BCUT2D eigenvalue weighted by Crippen LogP contribution is -2.55. The molecule has 0 aliphatic carbocycles. The molecule has 0 rings (SSSR count). The molecule has 0 fully saturated rings. The summed E-state index contributed by atoms with van der Waals surface area (Å²) in [5.41, 5.74) is 0. The summed E-state index contributed by atoms with van der Waals surface area (Å²) in [4.78, 5) is 10.6. The van der Waals surface area contributed by atoms with Crippen LogP contribution >= 0.6 is 0 Å². The Labute approximate surface area is 91.0 Å². The molecule has 0 aliphatic rings. The van der Waals surface area contributed by atoms with Gasteiger partial charge in [-0.15, -0.1) is 0 Å². The number of allylic oxidation sites excluding steroid dienone is 2. The third-order valence-corrected chi connectivity index (χ3v) is 1.72. The Morgan fingerprint density at radius 3 is 1.76 bits per heavy atom. The Morgan fingerprint density at radius 1 is 1.06 bits per heavy atom. The van der Waals surface area contributed by atoms with Gasteiger partial charge in [0.15, 0.2) is 0 Å². The molecular weight excluding hydrogens is 261 g/mol. The number of hydrogen-bond acceptors (Lipinski definition) is 2. The molecule has 0 unspecified atom stereocenters. The fraction of sp³-hybridized carbons (Fsp3) is 0.625. The summed E-state index contributed by atoms with van der Waals surface area (Å²) in [6, 6.07) is 0. The molecule has 0 aromatic heterocycles. The van der Waals surface area contributed by atoms with E-state index in [4.69, 9.17) is 0 Å². The first-order valence-electron chi connectivity index (χ1n) is 3.97. The molecule has 0 aromatic rings. The summed E-state index contributed by atoms with van der Waals surface area (Å²) < 4.78 is 89.2. The Balaban J connectivity index is 5.36. The molecule has 0 saturated heterocycles. The predicted octanol–water partition coefficient (Wildman–Crippen LogP) is 2.94. The van der Waals surface area contributed by atoms with Crippen LogP contribution in [0.15, 0.2) is 11.8 Å². The highest BCUT2D eigenvalue weighted by Crippen LogP contribution is 2.47. The Hall–Kier alpha value is -1.28. The Bertz CT molecular complexity index is 329. The van der Waals surface area contributed by atoms with Gasteiger partial charge >= 0.3 is 18.0 Å². The van der Waals surface area contributed by atoms with Gasteiger partial charge in [0.1, 0.15) is 0 Å². The van der Waals surface area contributed by atoms with Gasteiger partial charge in [0.25, 0.3) is 0 Å². The first-order valence-corrected chi connectivity index (χ1v) is 3.97. The van der Waals surface area contributed by atoms with Crippen LogP contribution in [0, 0.1) is 0 Å². The topological polar surface area (TPSA) is 26.3 Å². The van der Waals surface area contributed by atoms with Crippen molar-refractivity contribution in [2.45, 2.75) is 24.9 Å². The maximum absolute atomic E-state index is 12.7. The first kappa shape index (κ1) is 15.7. The van der Waals surface area contributed by atoms with Crippen LogP contribution in [0.1, 0.15) is 6.92 Å². The van der Waals surface area contributed by atoms with Crippen molar-refractivity contribution in [2.24, 2.45) is 0 Å². The van der Waals surface area contributed by atoms with Crippen LogP contribution in [0.4, 0.5) is 30.7 Å². The molecule has 100 valence electrons. The third kappa shape index (κ3) is 2.89. The van der Waals surface area contributed by atoms with Crippen LogP contribution in [0.2, 0.25) is 0 Å². The SMILES string of the molecule is CO/C(C)=C/C(=O)C(F)(F)C(F)(F)C(F)(F)F. The molecular formula is C8H7F7O2. The van der Waals surface area contributed by atoms with Crippen molar-refractivity contribution in [3.05, 3.63) is 11.8 Å². The second-order valence-electron chi connectivity index (χ2n) is 2.97. The van der Waals surface area contributed by atoms with Crippen molar-refractivity contribution in [2.75, 3.05) is 7.11 Å². The van der Waals surface area contributed by atoms with Crippen molar-refractivity contribution in [3.63, 3.8) is 0 Å². The van der Waals surface area contributed by atoms with Crippen LogP contribution in [-0.2, 0) is 9.53 Å². The zero-order valence-corrected chi connectivity index (χ0v) is 8.54. The fourth-order valence-electron chi connectivity index (χ4n) is 0.667. The summed E-state index contributed by atoms with van der Waals surface area (Å²) in [6.07, 6.45) is -6.65. The van der Waals surface area contributed by atoms with Crippen molar-refractivity contribution in [1.82, 2.24) is 0 Å². The molecule has 2 nitrogen and oxygen atoms in total. The molecule has 0 radical (unpaired) electrons. The summed E-state index contributed by atoms with van der Waals surface area (Å²) in [5, 5.41) is 0.